The van der Waals surface area contributed by atoms with Crippen molar-refractivity contribution in [3.8, 4) is 0 Å². The van der Waals surface area contributed by atoms with Crippen LogP contribution in [0, 0.1) is 0 Å². The molecule has 1 saturated carbocycles. The number of fused-ring (bicyclic) bond motifs is 1. The number of imidazole rings is 1. The Labute approximate surface area is 114 Å². The zero-order valence-electron chi connectivity index (χ0n) is 11.3. The first kappa shape index (κ1) is 12.5. The van der Waals surface area contributed by atoms with Crippen molar-refractivity contribution in [1.82, 2.24) is 14.9 Å². The maximum absolute atomic E-state index is 12.1. The number of hydrogen-bond donors (Lipinski definition) is 1. The number of nitrogens with zero attached hydrogens (tertiary/aromatic N) is 3. The lowest BCUT2D eigenvalue weighted by Crippen LogP contribution is -2.41. The summed E-state index contributed by atoms with van der Waals surface area (Å²) in [6.45, 7) is 2.26. The van der Waals surface area contributed by atoms with Crippen LogP contribution in [0.5, 0.6) is 0 Å². The normalized spacial score (nSPS) is 20.1. The van der Waals surface area contributed by atoms with E-state index in [1.807, 2.05) is 6.20 Å². The van der Waals surface area contributed by atoms with Crippen LogP contribution in [-0.4, -0.2) is 34.6 Å². The van der Waals surface area contributed by atoms with E-state index in [-0.39, 0.29) is 5.91 Å². The van der Waals surface area contributed by atoms with Gasteiger partial charge in [0.05, 0.1) is 6.54 Å². The Hall–Kier alpha value is -1.52. The fraction of sp³-hybridized carbons (Fsp3) is 0.714. The Balaban J connectivity index is 1.51. The van der Waals surface area contributed by atoms with E-state index < -0.39 is 0 Å². The van der Waals surface area contributed by atoms with E-state index in [0.717, 1.165) is 31.9 Å². The molecule has 2 heterocycles. The van der Waals surface area contributed by atoms with Gasteiger partial charge >= 0.3 is 0 Å². The summed E-state index contributed by atoms with van der Waals surface area (Å²) < 4.78 is 2.10. The van der Waals surface area contributed by atoms with Crippen LogP contribution >= 0.6 is 0 Å². The Morgan fingerprint density at radius 1 is 1.26 bits per heavy atom. The van der Waals surface area contributed by atoms with Crippen molar-refractivity contribution in [3.05, 3.63) is 12.4 Å². The van der Waals surface area contributed by atoms with Crippen molar-refractivity contribution in [2.45, 2.75) is 51.1 Å². The van der Waals surface area contributed by atoms with Gasteiger partial charge in [0.25, 0.3) is 0 Å². The molecular formula is C14H22N4O. The van der Waals surface area contributed by atoms with Crippen LogP contribution in [0.1, 0.15) is 38.5 Å². The standard InChI is InChI=1S/C14H22N4O/c19-13(16-12-5-3-1-2-4-6-12)11-18-10-9-17-8-7-15-14(17)18/h7-8,12H,1-6,9-11H2,(H,16,19). The molecule has 1 fully saturated rings. The molecule has 1 aromatic rings. The van der Waals surface area contributed by atoms with Gasteiger partial charge in [0.2, 0.25) is 11.9 Å². The van der Waals surface area contributed by atoms with Gasteiger partial charge in [-0.3, -0.25) is 4.79 Å². The summed E-state index contributed by atoms with van der Waals surface area (Å²) in [6.07, 6.45) is 11.2. The van der Waals surface area contributed by atoms with Gasteiger partial charge in [0.1, 0.15) is 0 Å². The number of nitrogens with one attached hydrogen (secondary N) is 1. The molecule has 1 aliphatic carbocycles. The second-order valence-electron chi connectivity index (χ2n) is 5.60. The van der Waals surface area contributed by atoms with Gasteiger partial charge < -0.3 is 14.8 Å². The molecule has 0 saturated heterocycles. The van der Waals surface area contributed by atoms with Crippen LogP contribution in [0.25, 0.3) is 0 Å². The van der Waals surface area contributed by atoms with Crippen LogP contribution in [0.2, 0.25) is 0 Å². The Bertz CT molecular complexity index is 434. The van der Waals surface area contributed by atoms with Crippen LogP contribution in [0.15, 0.2) is 12.4 Å². The van der Waals surface area contributed by atoms with Crippen molar-refractivity contribution in [2.75, 3.05) is 18.0 Å². The van der Waals surface area contributed by atoms with E-state index in [1.54, 1.807) is 6.20 Å². The van der Waals surface area contributed by atoms with Gasteiger partial charge in [0.15, 0.2) is 0 Å². The minimum absolute atomic E-state index is 0.142. The van der Waals surface area contributed by atoms with Crippen LogP contribution < -0.4 is 10.2 Å². The van der Waals surface area contributed by atoms with E-state index in [0.29, 0.717) is 12.6 Å². The first-order valence-electron chi connectivity index (χ1n) is 7.38. The van der Waals surface area contributed by atoms with Crippen molar-refractivity contribution < 1.29 is 4.79 Å². The highest BCUT2D eigenvalue weighted by Gasteiger charge is 2.23. The molecule has 1 aromatic heterocycles. The van der Waals surface area contributed by atoms with Crippen molar-refractivity contribution in [1.29, 1.82) is 0 Å². The molecule has 5 nitrogen and oxygen atoms in total. The molecule has 5 heteroatoms. The van der Waals surface area contributed by atoms with E-state index in [9.17, 15) is 4.79 Å². The molecule has 0 bridgehead atoms. The minimum atomic E-state index is 0.142. The van der Waals surface area contributed by atoms with Gasteiger partial charge in [-0.25, -0.2) is 4.98 Å². The minimum Gasteiger partial charge on any atom is -0.352 e. The summed E-state index contributed by atoms with van der Waals surface area (Å²) in [7, 11) is 0. The number of carbonyl (C=O) groups is 1. The monoisotopic (exact) mass is 262 g/mol. The third kappa shape index (κ3) is 2.91. The van der Waals surface area contributed by atoms with Gasteiger partial charge in [-0.05, 0) is 12.8 Å². The number of carbonyl (C=O) groups excluding carboxylic acids is 1. The highest BCUT2D eigenvalue weighted by molar-refractivity contribution is 5.81. The second-order valence-corrected chi connectivity index (χ2v) is 5.60. The largest absolute Gasteiger partial charge is 0.352 e. The van der Waals surface area contributed by atoms with Crippen molar-refractivity contribution in [3.63, 3.8) is 0 Å². The zero-order chi connectivity index (χ0) is 13.1. The average Bonchev–Trinajstić information content (AvgIpc) is 2.90. The van der Waals surface area contributed by atoms with Gasteiger partial charge in [-0.1, -0.05) is 25.7 Å². The number of amides is 1. The lowest BCUT2D eigenvalue weighted by molar-refractivity contribution is -0.120. The average molecular weight is 262 g/mol. The predicted molar refractivity (Wildman–Crippen MR) is 74.1 cm³/mol. The molecule has 0 aromatic carbocycles. The summed E-state index contributed by atoms with van der Waals surface area (Å²) in [5.41, 5.74) is 0. The number of aromatic nitrogens is 2. The third-order valence-electron chi connectivity index (χ3n) is 4.14. The summed E-state index contributed by atoms with van der Waals surface area (Å²) >= 11 is 0. The fourth-order valence-electron chi connectivity index (χ4n) is 3.11. The summed E-state index contributed by atoms with van der Waals surface area (Å²) in [4.78, 5) is 18.5. The zero-order valence-corrected chi connectivity index (χ0v) is 11.3. The van der Waals surface area contributed by atoms with Crippen molar-refractivity contribution in [2.24, 2.45) is 0 Å². The first-order chi connectivity index (χ1) is 9.33. The van der Waals surface area contributed by atoms with E-state index in [2.05, 4.69) is 19.8 Å². The molecular weight excluding hydrogens is 240 g/mol. The second kappa shape index (κ2) is 5.63. The summed E-state index contributed by atoms with van der Waals surface area (Å²) in [5, 5.41) is 3.19. The summed E-state index contributed by atoms with van der Waals surface area (Å²) in [5.74, 6) is 1.07. The molecule has 1 aliphatic heterocycles. The lowest BCUT2D eigenvalue weighted by atomic mass is 10.1. The number of hydrogen-bond acceptors (Lipinski definition) is 3. The molecule has 0 unspecified atom stereocenters. The van der Waals surface area contributed by atoms with E-state index in [4.69, 9.17) is 0 Å². The molecule has 0 atom stereocenters. The molecule has 104 valence electrons. The topological polar surface area (TPSA) is 50.2 Å². The number of rotatable bonds is 3. The van der Waals surface area contributed by atoms with Gasteiger partial charge in [-0.2, -0.15) is 0 Å². The fourth-order valence-corrected chi connectivity index (χ4v) is 3.11. The molecule has 3 rings (SSSR count). The van der Waals surface area contributed by atoms with Gasteiger partial charge in [0, 0.05) is 31.5 Å². The lowest BCUT2D eigenvalue weighted by Gasteiger charge is -2.20. The molecule has 1 N–H and O–H groups in total. The highest BCUT2D eigenvalue weighted by atomic mass is 16.2. The van der Waals surface area contributed by atoms with E-state index >= 15 is 0 Å². The van der Waals surface area contributed by atoms with E-state index in [1.165, 1.54) is 25.7 Å². The van der Waals surface area contributed by atoms with Crippen LogP contribution in [0.4, 0.5) is 5.95 Å². The quantitative estimate of drug-likeness (QED) is 0.841. The van der Waals surface area contributed by atoms with Gasteiger partial charge in [-0.15, -0.1) is 0 Å². The molecule has 1 amide bonds. The number of anilines is 1. The van der Waals surface area contributed by atoms with Crippen LogP contribution in [-0.2, 0) is 11.3 Å². The molecule has 0 radical (unpaired) electrons. The van der Waals surface area contributed by atoms with Crippen LogP contribution in [0.3, 0.4) is 0 Å². The molecule has 19 heavy (non-hydrogen) atoms. The summed E-state index contributed by atoms with van der Waals surface area (Å²) in [6, 6.07) is 0.386. The Morgan fingerprint density at radius 2 is 2.05 bits per heavy atom. The first-order valence-corrected chi connectivity index (χ1v) is 7.38. The molecule has 2 aliphatic rings. The maximum atomic E-state index is 12.1. The highest BCUT2D eigenvalue weighted by Crippen LogP contribution is 2.19. The maximum Gasteiger partial charge on any atom is 0.239 e. The molecule has 0 spiro atoms. The Morgan fingerprint density at radius 3 is 2.84 bits per heavy atom. The van der Waals surface area contributed by atoms with Crippen molar-refractivity contribution >= 4 is 11.9 Å². The third-order valence-corrected chi connectivity index (χ3v) is 4.14. The Kier molecular flexibility index (Phi) is 3.71. The predicted octanol–water partition coefficient (Wildman–Crippen LogP) is 1.54. The SMILES string of the molecule is O=C(CN1CCn2ccnc21)NC1CCCCCC1. The smallest absolute Gasteiger partial charge is 0.239 e.